The molecule has 1 unspecified atom stereocenters. The quantitative estimate of drug-likeness (QED) is 0.253. The van der Waals surface area contributed by atoms with E-state index < -0.39 is 21.7 Å². The van der Waals surface area contributed by atoms with Gasteiger partial charge in [0, 0.05) is 0 Å². The van der Waals surface area contributed by atoms with Crippen LogP contribution in [-0.4, -0.2) is 38.3 Å². The fourth-order valence-corrected chi connectivity index (χ4v) is 2.03. The van der Waals surface area contributed by atoms with Crippen molar-refractivity contribution >= 4 is 16.4 Å². The molecule has 0 rings (SSSR count). The van der Waals surface area contributed by atoms with E-state index in [0.29, 0.717) is 0 Å². The molecular formula is C2H9O6PSi. The van der Waals surface area contributed by atoms with Crippen LogP contribution in [0.4, 0.5) is 0 Å². The van der Waals surface area contributed by atoms with E-state index in [1.807, 2.05) is 0 Å². The lowest BCUT2D eigenvalue weighted by Crippen LogP contribution is -2.46. The highest BCUT2D eigenvalue weighted by atomic mass is 31.2. The van der Waals surface area contributed by atoms with Crippen LogP contribution in [0.15, 0.2) is 0 Å². The highest BCUT2D eigenvalue weighted by molar-refractivity contribution is 7.55. The van der Waals surface area contributed by atoms with Crippen molar-refractivity contribution in [1.29, 1.82) is 0 Å². The molecule has 62 valence electrons. The Morgan fingerprint density at radius 3 is 1.60 bits per heavy atom. The summed E-state index contributed by atoms with van der Waals surface area (Å²) in [7, 11) is -9.23. The van der Waals surface area contributed by atoms with Gasteiger partial charge in [-0.05, 0) is 6.92 Å². The van der Waals surface area contributed by atoms with Crippen LogP contribution in [-0.2, 0) is 4.57 Å². The van der Waals surface area contributed by atoms with Crippen LogP contribution in [0.25, 0.3) is 0 Å². The van der Waals surface area contributed by atoms with Gasteiger partial charge in [0.1, 0.15) is 5.28 Å². The van der Waals surface area contributed by atoms with Crippen molar-refractivity contribution in [2.75, 3.05) is 0 Å². The zero-order valence-electron chi connectivity index (χ0n) is 5.17. The highest BCUT2D eigenvalue weighted by Crippen LogP contribution is 2.43. The van der Waals surface area contributed by atoms with E-state index in [9.17, 15) is 4.57 Å². The molecule has 0 aliphatic carbocycles. The van der Waals surface area contributed by atoms with Gasteiger partial charge in [-0.3, -0.25) is 4.57 Å². The minimum Gasteiger partial charge on any atom is -0.389 e. The molecule has 0 aromatic rings. The fourth-order valence-electron chi connectivity index (χ4n) is 0.226. The monoisotopic (exact) mass is 188 g/mol. The summed E-state index contributed by atoms with van der Waals surface area (Å²) >= 11 is 0. The van der Waals surface area contributed by atoms with E-state index in [4.69, 9.17) is 24.2 Å². The molecule has 0 spiro atoms. The van der Waals surface area contributed by atoms with Crippen molar-refractivity contribution in [2.45, 2.75) is 12.2 Å². The van der Waals surface area contributed by atoms with Gasteiger partial charge in [-0.15, -0.1) is 0 Å². The van der Waals surface area contributed by atoms with Gasteiger partial charge >= 0.3 is 16.4 Å². The van der Waals surface area contributed by atoms with Crippen LogP contribution in [0.5, 0.6) is 0 Å². The zero-order chi connectivity index (χ0) is 8.58. The lowest BCUT2D eigenvalue weighted by molar-refractivity contribution is 0.219. The summed E-state index contributed by atoms with van der Waals surface area (Å²) in [4.78, 5) is 41.7. The third kappa shape index (κ3) is 2.89. The van der Waals surface area contributed by atoms with E-state index >= 15 is 0 Å². The molecule has 0 fully saturated rings. The van der Waals surface area contributed by atoms with E-state index in [-0.39, 0.29) is 0 Å². The van der Waals surface area contributed by atoms with E-state index in [1.54, 1.807) is 0 Å². The van der Waals surface area contributed by atoms with Gasteiger partial charge in [0.05, 0.1) is 0 Å². The Morgan fingerprint density at radius 1 is 1.30 bits per heavy atom. The zero-order valence-corrected chi connectivity index (χ0v) is 7.06. The Kier molecular flexibility index (Phi) is 2.77. The average molecular weight is 188 g/mol. The third-order valence-corrected chi connectivity index (χ3v) is 5.24. The van der Waals surface area contributed by atoms with Crippen LogP contribution in [0, 0.1) is 0 Å². The van der Waals surface area contributed by atoms with Crippen molar-refractivity contribution in [2.24, 2.45) is 0 Å². The first-order valence-electron chi connectivity index (χ1n) is 2.38. The molecule has 0 aliphatic rings. The van der Waals surface area contributed by atoms with Crippen LogP contribution in [0.3, 0.4) is 0 Å². The molecule has 6 nitrogen and oxygen atoms in total. The van der Waals surface area contributed by atoms with Gasteiger partial charge in [0.25, 0.3) is 0 Å². The maximum Gasteiger partial charge on any atom is 0.508 e. The Bertz CT molecular complexity index is 156. The molecule has 0 saturated heterocycles. The summed E-state index contributed by atoms with van der Waals surface area (Å²) in [5.74, 6) is 0. The molecule has 0 amide bonds. The molecule has 5 N–H and O–H groups in total. The van der Waals surface area contributed by atoms with Gasteiger partial charge in [0.15, 0.2) is 0 Å². The molecule has 0 saturated carbocycles. The minimum absolute atomic E-state index is 0.882. The number of rotatable bonds is 2. The van der Waals surface area contributed by atoms with Gasteiger partial charge in [-0.1, -0.05) is 0 Å². The molecular weight excluding hydrogens is 179 g/mol. The molecule has 0 aliphatic heterocycles. The van der Waals surface area contributed by atoms with E-state index in [1.165, 1.54) is 0 Å². The topological polar surface area (TPSA) is 118 Å². The third-order valence-electron chi connectivity index (χ3n) is 1.07. The van der Waals surface area contributed by atoms with Crippen LogP contribution in [0.1, 0.15) is 6.92 Å². The number of hydrogen-bond acceptors (Lipinski definition) is 4. The first-order chi connectivity index (χ1) is 4.15. The van der Waals surface area contributed by atoms with Crippen molar-refractivity contribution in [3.8, 4) is 0 Å². The van der Waals surface area contributed by atoms with Crippen molar-refractivity contribution in [3.05, 3.63) is 0 Å². The molecule has 0 aromatic carbocycles. The summed E-state index contributed by atoms with van der Waals surface area (Å²) in [6.07, 6.45) is 0. The van der Waals surface area contributed by atoms with Crippen molar-refractivity contribution in [1.82, 2.24) is 0 Å². The van der Waals surface area contributed by atoms with E-state index in [0.717, 1.165) is 6.92 Å². The average Bonchev–Trinajstić information content (AvgIpc) is 1.59. The molecule has 8 heteroatoms. The Morgan fingerprint density at radius 2 is 1.60 bits per heavy atom. The van der Waals surface area contributed by atoms with Crippen molar-refractivity contribution in [3.63, 3.8) is 0 Å². The predicted octanol–water partition coefficient (Wildman–Crippen LogP) is -1.99. The first-order valence-corrected chi connectivity index (χ1v) is 5.98. The summed E-state index contributed by atoms with van der Waals surface area (Å²) in [5, 5.41) is -1.76. The van der Waals surface area contributed by atoms with Gasteiger partial charge < -0.3 is 24.2 Å². The summed E-state index contributed by atoms with van der Waals surface area (Å²) in [6.45, 7) is 0.882. The lowest BCUT2D eigenvalue weighted by Gasteiger charge is -2.18. The standard InChI is InChI=1S/C2H9O6PSi/c1-2(9(3,4)5)10(6,7)8/h2,6-8H,1H3,(H2,3,4,5). The fraction of sp³-hybridized carbons (Fsp3) is 1.00. The second-order valence-corrected chi connectivity index (χ2v) is 6.63. The second-order valence-electron chi connectivity index (χ2n) is 1.95. The Labute approximate surface area is 58.3 Å². The van der Waals surface area contributed by atoms with E-state index in [2.05, 4.69) is 0 Å². The molecule has 0 bridgehead atoms. The normalized spacial score (nSPS) is 17.0. The lowest BCUT2D eigenvalue weighted by atomic mass is 11.0. The smallest absolute Gasteiger partial charge is 0.389 e. The Hall–Kier alpha value is 0.247. The largest absolute Gasteiger partial charge is 0.508 e. The van der Waals surface area contributed by atoms with Crippen molar-refractivity contribution < 1.29 is 28.7 Å². The maximum atomic E-state index is 10.2. The number of hydrogen-bond donors (Lipinski definition) is 5. The van der Waals surface area contributed by atoms with Crippen LogP contribution >= 0.6 is 7.60 Å². The SMILES string of the molecule is CC([Si](O)(O)O)P(=O)(O)O. The minimum atomic E-state index is -4.66. The van der Waals surface area contributed by atoms with Gasteiger partial charge in [-0.25, -0.2) is 0 Å². The molecule has 1 atom stereocenters. The summed E-state index contributed by atoms with van der Waals surface area (Å²) < 4.78 is 10.2. The molecule has 0 aromatic heterocycles. The second kappa shape index (κ2) is 2.71. The highest BCUT2D eigenvalue weighted by Gasteiger charge is 2.46. The molecule has 0 radical (unpaired) electrons. The summed E-state index contributed by atoms with van der Waals surface area (Å²) in [5.41, 5.74) is 0. The molecule has 0 heterocycles. The predicted molar refractivity (Wildman–Crippen MR) is 33.9 cm³/mol. The van der Waals surface area contributed by atoms with Crippen LogP contribution < -0.4 is 0 Å². The molecule has 10 heavy (non-hydrogen) atoms. The maximum absolute atomic E-state index is 10.2. The van der Waals surface area contributed by atoms with Gasteiger partial charge in [-0.2, -0.15) is 0 Å². The van der Waals surface area contributed by atoms with Gasteiger partial charge in [0.2, 0.25) is 0 Å². The first kappa shape index (κ1) is 10.2. The Balaban J connectivity index is 4.39. The van der Waals surface area contributed by atoms with Crippen LogP contribution in [0.2, 0.25) is 0 Å². The summed E-state index contributed by atoms with van der Waals surface area (Å²) in [6, 6.07) is 0.